The number of hydrogen-bond donors (Lipinski definition) is 1. The number of likely N-dealkylation sites (N-methyl/N-ethyl adjacent to an activating group) is 1. The summed E-state index contributed by atoms with van der Waals surface area (Å²) < 4.78 is 5.31. The fraction of sp³-hybridized carbons (Fsp3) is 0.571. The number of hydrogen-bond acceptors (Lipinski definition) is 3. The Bertz CT molecular complexity index is 365. The van der Waals surface area contributed by atoms with Crippen molar-refractivity contribution in [3.63, 3.8) is 0 Å². The van der Waals surface area contributed by atoms with Crippen LogP contribution in [0.4, 0.5) is 11.4 Å². The lowest BCUT2D eigenvalue weighted by atomic mass is 10.1. The van der Waals surface area contributed by atoms with Gasteiger partial charge in [0.2, 0.25) is 0 Å². The minimum Gasteiger partial charge on any atom is -0.385 e. The molecule has 0 fully saturated rings. The van der Waals surface area contributed by atoms with E-state index in [0.717, 1.165) is 32.7 Å². The molecule has 17 heavy (non-hydrogen) atoms. The Balaban J connectivity index is 1.82. The quantitative estimate of drug-likeness (QED) is 0.765. The summed E-state index contributed by atoms with van der Waals surface area (Å²) in [6.07, 6.45) is 2.23. The zero-order chi connectivity index (χ0) is 12.1. The number of nitrogens with one attached hydrogen (secondary N) is 1. The molecule has 1 aliphatic heterocycles. The molecule has 0 unspecified atom stereocenters. The Kier molecular flexibility index (Phi) is 4.26. The number of benzene rings is 1. The topological polar surface area (TPSA) is 24.5 Å². The van der Waals surface area contributed by atoms with Crippen LogP contribution in [0.3, 0.4) is 0 Å². The van der Waals surface area contributed by atoms with E-state index >= 15 is 0 Å². The number of rotatable bonds is 6. The lowest BCUT2D eigenvalue weighted by Crippen LogP contribution is -2.12. The van der Waals surface area contributed by atoms with E-state index in [1.54, 1.807) is 0 Å². The van der Waals surface area contributed by atoms with Crippen LogP contribution in [0.2, 0.25) is 0 Å². The van der Waals surface area contributed by atoms with Gasteiger partial charge in [-0.05, 0) is 43.5 Å². The third kappa shape index (κ3) is 3.13. The van der Waals surface area contributed by atoms with Gasteiger partial charge in [0.25, 0.3) is 0 Å². The third-order valence-corrected chi connectivity index (χ3v) is 3.21. The van der Waals surface area contributed by atoms with E-state index in [0.29, 0.717) is 0 Å². The monoisotopic (exact) mass is 234 g/mol. The van der Waals surface area contributed by atoms with Crippen LogP contribution < -0.4 is 10.2 Å². The molecule has 0 spiro atoms. The minimum atomic E-state index is 0.811. The molecule has 0 bridgehead atoms. The largest absolute Gasteiger partial charge is 0.385 e. The van der Waals surface area contributed by atoms with Gasteiger partial charge in [-0.3, -0.25) is 0 Å². The highest BCUT2D eigenvalue weighted by Crippen LogP contribution is 2.28. The molecular formula is C14H22N2O. The molecule has 1 aromatic rings. The summed E-state index contributed by atoms with van der Waals surface area (Å²) in [5.74, 6) is 0. The lowest BCUT2D eigenvalue weighted by molar-refractivity contribution is 0.147. The van der Waals surface area contributed by atoms with Crippen molar-refractivity contribution in [3.05, 3.63) is 23.8 Å². The van der Waals surface area contributed by atoms with E-state index in [-0.39, 0.29) is 0 Å². The van der Waals surface area contributed by atoms with Crippen LogP contribution in [0.15, 0.2) is 18.2 Å². The highest BCUT2D eigenvalue weighted by molar-refractivity contribution is 5.63. The predicted molar refractivity (Wildman–Crippen MR) is 73.0 cm³/mol. The van der Waals surface area contributed by atoms with Gasteiger partial charge < -0.3 is 15.0 Å². The van der Waals surface area contributed by atoms with Crippen molar-refractivity contribution >= 4 is 11.4 Å². The zero-order valence-corrected chi connectivity index (χ0v) is 10.8. The Morgan fingerprint density at radius 2 is 2.29 bits per heavy atom. The zero-order valence-electron chi connectivity index (χ0n) is 10.8. The summed E-state index contributed by atoms with van der Waals surface area (Å²) in [6, 6.07) is 6.66. The number of nitrogens with zero attached hydrogens (tertiary/aromatic N) is 1. The third-order valence-electron chi connectivity index (χ3n) is 3.21. The molecule has 0 radical (unpaired) electrons. The minimum absolute atomic E-state index is 0.811. The van der Waals surface area contributed by atoms with Gasteiger partial charge in [0.15, 0.2) is 0 Å². The van der Waals surface area contributed by atoms with Crippen LogP contribution in [0.25, 0.3) is 0 Å². The first-order valence-electron chi connectivity index (χ1n) is 6.47. The highest BCUT2D eigenvalue weighted by Gasteiger charge is 2.15. The molecule has 3 nitrogen and oxygen atoms in total. The summed E-state index contributed by atoms with van der Waals surface area (Å²) in [4.78, 5) is 2.31. The maximum absolute atomic E-state index is 5.31. The Hall–Kier alpha value is -1.22. The van der Waals surface area contributed by atoms with Crippen molar-refractivity contribution in [2.75, 3.05) is 43.6 Å². The molecule has 1 aliphatic rings. The first kappa shape index (κ1) is 12.2. The van der Waals surface area contributed by atoms with E-state index in [4.69, 9.17) is 4.74 Å². The standard InChI is InChI=1S/C14H22N2O/c1-3-17-10-4-8-15-13-5-6-14-12(11-13)7-9-16(14)2/h5-6,11,15H,3-4,7-10H2,1-2H3. The maximum atomic E-state index is 5.31. The van der Waals surface area contributed by atoms with Gasteiger partial charge in [0, 0.05) is 44.7 Å². The van der Waals surface area contributed by atoms with E-state index in [9.17, 15) is 0 Å². The molecular weight excluding hydrogens is 212 g/mol. The molecule has 94 valence electrons. The summed E-state index contributed by atoms with van der Waals surface area (Å²) in [5.41, 5.74) is 4.07. The average molecular weight is 234 g/mol. The van der Waals surface area contributed by atoms with E-state index in [1.807, 2.05) is 6.92 Å². The van der Waals surface area contributed by atoms with Crippen LogP contribution in [0.1, 0.15) is 18.9 Å². The molecule has 3 heteroatoms. The van der Waals surface area contributed by atoms with Gasteiger partial charge in [-0.2, -0.15) is 0 Å². The smallest absolute Gasteiger partial charge is 0.0482 e. The van der Waals surface area contributed by atoms with Gasteiger partial charge in [0.1, 0.15) is 0 Å². The molecule has 0 atom stereocenters. The first-order valence-corrected chi connectivity index (χ1v) is 6.47. The number of anilines is 2. The second kappa shape index (κ2) is 5.92. The van der Waals surface area contributed by atoms with Gasteiger partial charge in [-0.1, -0.05) is 0 Å². The SMILES string of the molecule is CCOCCCNc1ccc2c(c1)CCN2C. The van der Waals surface area contributed by atoms with Crippen LogP contribution in [-0.2, 0) is 11.2 Å². The lowest BCUT2D eigenvalue weighted by Gasteiger charge is -2.13. The van der Waals surface area contributed by atoms with Crippen molar-refractivity contribution in [1.29, 1.82) is 0 Å². The molecule has 1 aromatic carbocycles. The van der Waals surface area contributed by atoms with Gasteiger partial charge >= 0.3 is 0 Å². The average Bonchev–Trinajstić information content (AvgIpc) is 2.71. The van der Waals surface area contributed by atoms with Crippen molar-refractivity contribution in [2.45, 2.75) is 19.8 Å². The van der Waals surface area contributed by atoms with E-state index in [1.165, 1.54) is 23.4 Å². The van der Waals surface area contributed by atoms with Crippen molar-refractivity contribution in [3.8, 4) is 0 Å². The van der Waals surface area contributed by atoms with E-state index in [2.05, 4.69) is 35.5 Å². The van der Waals surface area contributed by atoms with Gasteiger partial charge in [0.05, 0.1) is 0 Å². The summed E-state index contributed by atoms with van der Waals surface area (Å²) >= 11 is 0. The second-order valence-corrected chi connectivity index (χ2v) is 4.49. The van der Waals surface area contributed by atoms with Crippen LogP contribution in [0, 0.1) is 0 Å². The first-order chi connectivity index (χ1) is 8.31. The number of ether oxygens (including phenoxy) is 1. The van der Waals surface area contributed by atoms with Gasteiger partial charge in [-0.25, -0.2) is 0 Å². The molecule has 1 heterocycles. The molecule has 0 saturated heterocycles. The molecule has 0 amide bonds. The maximum Gasteiger partial charge on any atom is 0.0482 e. The molecule has 1 N–H and O–H groups in total. The second-order valence-electron chi connectivity index (χ2n) is 4.49. The summed E-state index contributed by atoms with van der Waals surface area (Å²) in [7, 11) is 2.15. The van der Waals surface area contributed by atoms with E-state index < -0.39 is 0 Å². The normalized spacial score (nSPS) is 13.9. The van der Waals surface area contributed by atoms with Crippen molar-refractivity contribution in [1.82, 2.24) is 0 Å². The van der Waals surface area contributed by atoms with Crippen LogP contribution >= 0.6 is 0 Å². The molecule has 0 aromatic heterocycles. The Morgan fingerprint density at radius 1 is 1.41 bits per heavy atom. The predicted octanol–water partition coefficient (Wildman–Crippen LogP) is 2.52. The van der Waals surface area contributed by atoms with Crippen LogP contribution in [-0.4, -0.2) is 33.4 Å². The molecule has 0 saturated carbocycles. The fourth-order valence-corrected chi connectivity index (χ4v) is 2.23. The fourth-order valence-electron chi connectivity index (χ4n) is 2.23. The van der Waals surface area contributed by atoms with Crippen molar-refractivity contribution < 1.29 is 4.74 Å². The highest BCUT2D eigenvalue weighted by atomic mass is 16.5. The van der Waals surface area contributed by atoms with Gasteiger partial charge in [-0.15, -0.1) is 0 Å². The molecule has 2 rings (SSSR count). The summed E-state index contributed by atoms with van der Waals surface area (Å²) in [5, 5.41) is 3.45. The van der Waals surface area contributed by atoms with Crippen LogP contribution in [0.5, 0.6) is 0 Å². The Labute approximate surface area is 104 Å². The van der Waals surface area contributed by atoms with Crippen molar-refractivity contribution in [2.24, 2.45) is 0 Å². The Morgan fingerprint density at radius 3 is 3.12 bits per heavy atom. The number of fused-ring (bicyclic) bond motifs is 1. The summed E-state index contributed by atoms with van der Waals surface area (Å²) in [6.45, 7) is 5.81. The molecule has 0 aliphatic carbocycles.